The van der Waals surface area contributed by atoms with Gasteiger partial charge in [0.1, 0.15) is 0 Å². The molecule has 0 N–H and O–H groups in total. The molecule has 3 fully saturated rings. The molecule has 2 aromatic rings. The molecular formula is C23H23NO2. The Balaban J connectivity index is 1.52. The largest absolute Gasteiger partial charge is 0.274 e. The second kappa shape index (κ2) is 5.54. The number of nitrogens with zero attached hydrogens (tertiary/aromatic N) is 1. The fourth-order valence-corrected chi connectivity index (χ4v) is 5.74. The molecule has 5 rings (SSSR count). The van der Waals surface area contributed by atoms with E-state index in [2.05, 4.69) is 24.3 Å². The first-order valence-electron chi connectivity index (χ1n) is 9.56. The van der Waals surface area contributed by atoms with Crippen LogP contribution in [0.3, 0.4) is 0 Å². The highest BCUT2D eigenvalue weighted by Gasteiger charge is 2.64. The van der Waals surface area contributed by atoms with Crippen molar-refractivity contribution in [3.05, 3.63) is 65.2 Å². The van der Waals surface area contributed by atoms with Crippen LogP contribution in [0.2, 0.25) is 0 Å². The van der Waals surface area contributed by atoms with Crippen molar-refractivity contribution in [3.63, 3.8) is 0 Å². The van der Waals surface area contributed by atoms with Gasteiger partial charge in [0.25, 0.3) is 0 Å². The van der Waals surface area contributed by atoms with E-state index in [4.69, 9.17) is 0 Å². The number of imide groups is 1. The van der Waals surface area contributed by atoms with E-state index in [1.54, 1.807) is 0 Å². The van der Waals surface area contributed by atoms with Gasteiger partial charge in [0.2, 0.25) is 11.8 Å². The van der Waals surface area contributed by atoms with Crippen molar-refractivity contribution in [1.82, 2.24) is 0 Å². The van der Waals surface area contributed by atoms with Crippen molar-refractivity contribution in [3.8, 4) is 0 Å². The summed E-state index contributed by atoms with van der Waals surface area (Å²) >= 11 is 0. The lowest BCUT2D eigenvalue weighted by atomic mass is 9.73. The number of aryl methyl sites for hydroxylation is 2. The van der Waals surface area contributed by atoms with Crippen LogP contribution in [0.15, 0.2) is 48.5 Å². The van der Waals surface area contributed by atoms with Crippen LogP contribution >= 0.6 is 0 Å². The molecule has 3 heteroatoms. The predicted molar refractivity (Wildman–Crippen MR) is 101 cm³/mol. The number of benzene rings is 2. The highest BCUT2D eigenvalue weighted by Crippen LogP contribution is 2.62. The molecule has 0 aromatic heterocycles. The second-order valence-corrected chi connectivity index (χ2v) is 8.27. The van der Waals surface area contributed by atoms with Crippen LogP contribution in [0.4, 0.5) is 5.69 Å². The van der Waals surface area contributed by atoms with Crippen LogP contribution in [0.5, 0.6) is 0 Å². The zero-order valence-corrected chi connectivity index (χ0v) is 15.2. The predicted octanol–water partition coefficient (Wildman–Crippen LogP) is 4.23. The van der Waals surface area contributed by atoms with Gasteiger partial charge >= 0.3 is 0 Å². The molecule has 2 aromatic carbocycles. The minimum Gasteiger partial charge on any atom is -0.274 e. The lowest BCUT2D eigenvalue weighted by molar-refractivity contribution is -0.123. The first-order valence-corrected chi connectivity index (χ1v) is 9.56. The Hall–Kier alpha value is -2.42. The summed E-state index contributed by atoms with van der Waals surface area (Å²) in [6, 6.07) is 16.5. The van der Waals surface area contributed by atoms with Crippen molar-refractivity contribution < 1.29 is 9.59 Å². The summed E-state index contributed by atoms with van der Waals surface area (Å²) in [4.78, 5) is 28.0. The van der Waals surface area contributed by atoms with E-state index in [-0.39, 0.29) is 23.7 Å². The van der Waals surface area contributed by atoms with Gasteiger partial charge in [-0.05, 0) is 67.2 Å². The van der Waals surface area contributed by atoms with Crippen molar-refractivity contribution in [2.45, 2.75) is 32.6 Å². The quantitative estimate of drug-likeness (QED) is 0.764. The summed E-state index contributed by atoms with van der Waals surface area (Å²) in [6.45, 7) is 3.98. The second-order valence-electron chi connectivity index (χ2n) is 8.27. The SMILES string of the molecule is Cc1ccc(C)c(N2C(=O)[C@@H]3[C@@H]4C[C@@H]([C@@H]3C2=O)[C@H](c2ccccc2)C4)c1. The highest BCUT2D eigenvalue weighted by molar-refractivity contribution is 6.23. The van der Waals surface area contributed by atoms with E-state index in [0.717, 1.165) is 29.7 Å². The molecule has 2 amide bonds. The van der Waals surface area contributed by atoms with Crippen molar-refractivity contribution in [2.75, 3.05) is 4.90 Å². The summed E-state index contributed by atoms with van der Waals surface area (Å²) in [5, 5.41) is 0. The maximum absolute atomic E-state index is 13.3. The van der Waals surface area contributed by atoms with Crippen LogP contribution in [0.1, 0.15) is 35.4 Å². The van der Waals surface area contributed by atoms with Gasteiger partial charge in [-0.2, -0.15) is 0 Å². The van der Waals surface area contributed by atoms with E-state index in [1.807, 2.05) is 38.1 Å². The van der Waals surface area contributed by atoms with Gasteiger partial charge in [-0.3, -0.25) is 9.59 Å². The molecule has 0 spiro atoms. The first kappa shape index (κ1) is 15.8. The number of carbonyl (C=O) groups excluding carboxylic acids is 2. The maximum atomic E-state index is 13.3. The zero-order valence-electron chi connectivity index (χ0n) is 15.2. The third kappa shape index (κ3) is 2.06. The number of carbonyl (C=O) groups is 2. The molecule has 1 aliphatic heterocycles. The normalized spacial score (nSPS) is 32.4. The summed E-state index contributed by atoms with van der Waals surface area (Å²) in [6.07, 6.45) is 2.06. The van der Waals surface area contributed by atoms with Gasteiger partial charge in [-0.15, -0.1) is 0 Å². The number of amides is 2. The van der Waals surface area contributed by atoms with Gasteiger partial charge < -0.3 is 0 Å². The lowest BCUT2D eigenvalue weighted by Gasteiger charge is -2.28. The molecule has 2 bridgehead atoms. The Bertz CT molecular complexity index is 904. The molecule has 1 heterocycles. The molecule has 0 unspecified atom stereocenters. The van der Waals surface area contributed by atoms with Gasteiger partial charge in [0.05, 0.1) is 17.5 Å². The average molecular weight is 345 g/mol. The van der Waals surface area contributed by atoms with Crippen LogP contribution in [0.25, 0.3) is 0 Å². The number of hydrogen-bond acceptors (Lipinski definition) is 2. The van der Waals surface area contributed by atoms with E-state index >= 15 is 0 Å². The Labute approximate surface area is 154 Å². The van der Waals surface area contributed by atoms with Gasteiger partial charge in [0.15, 0.2) is 0 Å². The van der Waals surface area contributed by atoms with Gasteiger partial charge in [-0.25, -0.2) is 4.90 Å². The van der Waals surface area contributed by atoms with Crippen LogP contribution in [-0.4, -0.2) is 11.8 Å². The van der Waals surface area contributed by atoms with Crippen molar-refractivity contribution in [1.29, 1.82) is 0 Å². The summed E-state index contributed by atoms with van der Waals surface area (Å²) < 4.78 is 0. The Morgan fingerprint density at radius 3 is 2.38 bits per heavy atom. The molecule has 3 nitrogen and oxygen atoms in total. The lowest BCUT2D eigenvalue weighted by Crippen LogP contribution is -2.33. The fourth-order valence-electron chi connectivity index (χ4n) is 5.74. The summed E-state index contributed by atoms with van der Waals surface area (Å²) in [5.74, 6) is 0.895. The third-order valence-corrected chi connectivity index (χ3v) is 6.85. The first-order chi connectivity index (χ1) is 12.6. The number of anilines is 1. The number of hydrogen-bond donors (Lipinski definition) is 0. The standard InChI is InChI=1S/C23H23NO2/c1-13-8-9-14(2)19(10-13)24-22(25)20-16-11-17(15-6-4-3-5-7-15)18(12-16)21(20)23(24)26/h3-10,16-18,20-21H,11-12H2,1-2H3/t16-,17-,18+,20+,21-/m0/s1. The molecule has 1 saturated heterocycles. The molecule has 132 valence electrons. The van der Waals surface area contributed by atoms with Gasteiger partial charge in [-0.1, -0.05) is 42.5 Å². The monoisotopic (exact) mass is 345 g/mol. The van der Waals surface area contributed by atoms with Crippen LogP contribution < -0.4 is 4.90 Å². The Morgan fingerprint density at radius 2 is 1.62 bits per heavy atom. The van der Waals surface area contributed by atoms with E-state index in [9.17, 15) is 9.59 Å². The van der Waals surface area contributed by atoms with E-state index < -0.39 is 0 Å². The smallest absolute Gasteiger partial charge is 0.238 e. The van der Waals surface area contributed by atoms with E-state index in [1.165, 1.54) is 10.5 Å². The van der Waals surface area contributed by atoms with Crippen molar-refractivity contribution in [2.24, 2.45) is 23.7 Å². The molecule has 26 heavy (non-hydrogen) atoms. The summed E-state index contributed by atoms with van der Waals surface area (Å²) in [5.41, 5.74) is 4.17. The molecule has 0 radical (unpaired) electrons. The molecule has 2 aliphatic carbocycles. The van der Waals surface area contributed by atoms with Crippen molar-refractivity contribution >= 4 is 17.5 Å². The maximum Gasteiger partial charge on any atom is 0.238 e. The number of rotatable bonds is 2. The van der Waals surface area contributed by atoms with E-state index in [0.29, 0.717) is 17.8 Å². The Morgan fingerprint density at radius 1 is 0.885 bits per heavy atom. The minimum atomic E-state index is -0.133. The summed E-state index contributed by atoms with van der Waals surface area (Å²) in [7, 11) is 0. The minimum absolute atomic E-state index is 0.0295. The Kier molecular flexibility index (Phi) is 3.37. The number of fused-ring (bicyclic) bond motifs is 5. The zero-order chi connectivity index (χ0) is 18.0. The molecule has 5 atom stereocenters. The average Bonchev–Trinajstić information content (AvgIpc) is 3.30. The van der Waals surface area contributed by atoms with Gasteiger partial charge in [0, 0.05) is 0 Å². The molecule has 3 aliphatic rings. The molecular weight excluding hydrogens is 322 g/mol. The highest BCUT2D eigenvalue weighted by atomic mass is 16.2. The molecule has 2 saturated carbocycles. The van der Waals surface area contributed by atoms with Crippen LogP contribution in [-0.2, 0) is 9.59 Å². The van der Waals surface area contributed by atoms with Crippen LogP contribution in [0, 0.1) is 37.5 Å². The fraction of sp³-hybridized carbons (Fsp3) is 0.391. The topological polar surface area (TPSA) is 37.4 Å². The third-order valence-electron chi connectivity index (χ3n) is 6.85.